The third-order valence-corrected chi connectivity index (χ3v) is 4.29. The topological polar surface area (TPSA) is 42.0 Å². The molecule has 1 aliphatic rings. The van der Waals surface area contributed by atoms with Crippen LogP contribution in [-0.4, -0.2) is 10.9 Å². The number of thiophene rings is 1. The summed E-state index contributed by atoms with van der Waals surface area (Å²) >= 11 is 5.03. The Morgan fingerprint density at radius 3 is 3.06 bits per heavy atom. The number of nitrogens with zero attached hydrogens (tertiary/aromatic N) is 1. The van der Waals surface area contributed by atoms with Crippen molar-refractivity contribution in [3.05, 3.63) is 44.8 Å². The molecule has 0 saturated heterocycles. The molecule has 17 heavy (non-hydrogen) atoms. The average Bonchev–Trinajstić information content (AvgIpc) is 2.85. The van der Waals surface area contributed by atoms with Crippen molar-refractivity contribution < 1.29 is 4.79 Å². The van der Waals surface area contributed by atoms with Crippen LogP contribution in [0.3, 0.4) is 0 Å². The molecule has 5 heteroatoms. The number of hydrogen-bond donors (Lipinski definition) is 1. The van der Waals surface area contributed by atoms with Gasteiger partial charge in [-0.15, -0.1) is 11.3 Å². The highest BCUT2D eigenvalue weighted by molar-refractivity contribution is 9.10. The number of carbonyl (C=O) groups excluding carboxylic acids is 1. The fraction of sp³-hybridized carbons (Fsp3) is 0. The number of pyridine rings is 1. The Balaban J connectivity index is 2.13. The first-order valence-electron chi connectivity index (χ1n) is 4.97. The molecular weight excluding hydrogens is 300 g/mol. The average molecular weight is 307 g/mol. The van der Waals surface area contributed by atoms with Gasteiger partial charge in [0.2, 0.25) is 0 Å². The van der Waals surface area contributed by atoms with Gasteiger partial charge in [-0.2, -0.15) is 0 Å². The minimum Gasteiger partial charge on any atom is -0.320 e. The quantitative estimate of drug-likeness (QED) is 0.821. The lowest BCUT2D eigenvalue weighted by Crippen LogP contribution is -2.03. The number of nitrogens with one attached hydrogen (secondary N) is 1. The highest BCUT2D eigenvalue weighted by Gasteiger charge is 2.25. The Morgan fingerprint density at radius 2 is 2.29 bits per heavy atom. The van der Waals surface area contributed by atoms with Crippen molar-refractivity contribution in [2.24, 2.45) is 0 Å². The Labute approximate surface area is 110 Å². The van der Waals surface area contributed by atoms with Gasteiger partial charge < -0.3 is 5.32 Å². The van der Waals surface area contributed by atoms with Gasteiger partial charge in [-0.1, -0.05) is 0 Å². The molecule has 0 spiro atoms. The maximum absolute atomic E-state index is 11.8. The summed E-state index contributed by atoms with van der Waals surface area (Å²) in [5, 5.41) is 4.77. The summed E-state index contributed by atoms with van der Waals surface area (Å²) in [5.41, 5.74) is 2.11. The molecule has 0 radical (unpaired) electrons. The van der Waals surface area contributed by atoms with E-state index in [0.717, 1.165) is 20.7 Å². The van der Waals surface area contributed by atoms with Gasteiger partial charge in [0.05, 0.1) is 17.0 Å². The SMILES string of the molecule is O=C1Nc2cccnc2C1=Cc1sccc1Br. The van der Waals surface area contributed by atoms with Crippen molar-refractivity contribution in [3.63, 3.8) is 0 Å². The van der Waals surface area contributed by atoms with Crippen LogP contribution in [0, 0.1) is 0 Å². The van der Waals surface area contributed by atoms with E-state index in [4.69, 9.17) is 0 Å². The summed E-state index contributed by atoms with van der Waals surface area (Å²) in [6.45, 7) is 0. The Bertz CT molecular complexity index is 633. The first-order chi connectivity index (χ1) is 8.25. The van der Waals surface area contributed by atoms with Crippen LogP contribution < -0.4 is 5.32 Å². The highest BCUT2D eigenvalue weighted by atomic mass is 79.9. The van der Waals surface area contributed by atoms with Crippen molar-refractivity contribution in [1.29, 1.82) is 0 Å². The molecule has 2 aromatic rings. The van der Waals surface area contributed by atoms with Crippen LogP contribution >= 0.6 is 27.3 Å². The lowest BCUT2D eigenvalue weighted by atomic mass is 10.1. The molecule has 3 heterocycles. The van der Waals surface area contributed by atoms with E-state index in [0.29, 0.717) is 5.57 Å². The molecular formula is C12H7BrN2OS. The highest BCUT2D eigenvalue weighted by Crippen LogP contribution is 2.33. The molecule has 0 unspecified atom stereocenters. The number of aromatic nitrogens is 1. The smallest absolute Gasteiger partial charge is 0.258 e. The van der Waals surface area contributed by atoms with Gasteiger partial charge in [0, 0.05) is 15.5 Å². The van der Waals surface area contributed by atoms with Crippen LogP contribution in [0.25, 0.3) is 11.6 Å². The number of anilines is 1. The van der Waals surface area contributed by atoms with Gasteiger partial charge >= 0.3 is 0 Å². The van der Waals surface area contributed by atoms with Crippen LogP contribution in [0.4, 0.5) is 5.69 Å². The minimum absolute atomic E-state index is 0.0981. The van der Waals surface area contributed by atoms with Gasteiger partial charge in [-0.3, -0.25) is 9.78 Å². The predicted molar refractivity (Wildman–Crippen MR) is 72.8 cm³/mol. The molecule has 0 bridgehead atoms. The standard InChI is InChI=1S/C12H7BrN2OS/c13-8-3-5-17-10(8)6-7-11-9(15-12(7)16)2-1-4-14-11/h1-6H,(H,15,16). The molecule has 0 aliphatic carbocycles. The van der Waals surface area contributed by atoms with E-state index in [1.54, 1.807) is 17.5 Å². The molecule has 1 amide bonds. The summed E-state index contributed by atoms with van der Waals surface area (Å²) in [6.07, 6.45) is 3.55. The zero-order valence-corrected chi connectivity index (χ0v) is 11.0. The number of carbonyl (C=O) groups is 1. The fourth-order valence-corrected chi connectivity index (χ4v) is 3.11. The summed E-state index contributed by atoms with van der Waals surface area (Å²) < 4.78 is 0.993. The second-order valence-electron chi connectivity index (χ2n) is 3.54. The summed E-state index contributed by atoms with van der Waals surface area (Å²) in [4.78, 5) is 17.1. The van der Waals surface area contributed by atoms with Crippen LogP contribution in [0.2, 0.25) is 0 Å². The van der Waals surface area contributed by atoms with Crippen LogP contribution in [0.1, 0.15) is 10.6 Å². The number of rotatable bonds is 1. The van der Waals surface area contributed by atoms with Crippen LogP contribution in [0.15, 0.2) is 34.2 Å². The molecule has 2 aromatic heterocycles. The molecule has 0 atom stereocenters. The summed E-state index contributed by atoms with van der Waals surface area (Å²) in [6, 6.07) is 5.62. The van der Waals surface area contributed by atoms with E-state index in [2.05, 4.69) is 26.2 Å². The zero-order valence-electron chi connectivity index (χ0n) is 8.61. The normalized spacial score (nSPS) is 16.1. The maximum Gasteiger partial charge on any atom is 0.258 e. The number of fused-ring (bicyclic) bond motifs is 1. The number of hydrogen-bond acceptors (Lipinski definition) is 3. The Morgan fingerprint density at radius 1 is 1.41 bits per heavy atom. The Hall–Kier alpha value is -1.46. The molecule has 84 valence electrons. The third kappa shape index (κ3) is 1.81. The molecule has 3 nitrogen and oxygen atoms in total. The zero-order chi connectivity index (χ0) is 11.8. The summed E-state index contributed by atoms with van der Waals surface area (Å²) in [5.74, 6) is -0.0981. The molecule has 1 aliphatic heterocycles. The molecule has 0 fully saturated rings. The van der Waals surface area contributed by atoms with E-state index in [1.165, 1.54) is 0 Å². The van der Waals surface area contributed by atoms with Crippen molar-refractivity contribution in [3.8, 4) is 0 Å². The van der Waals surface area contributed by atoms with Gasteiger partial charge in [-0.05, 0) is 45.6 Å². The monoisotopic (exact) mass is 306 g/mol. The largest absolute Gasteiger partial charge is 0.320 e. The minimum atomic E-state index is -0.0981. The van der Waals surface area contributed by atoms with E-state index < -0.39 is 0 Å². The predicted octanol–water partition coefficient (Wildman–Crippen LogP) is 3.40. The molecule has 0 saturated carbocycles. The molecule has 1 N–H and O–H groups in total. The maximum atomic E-state index is 11.8. The number of halogens is 1. The van der Waals surface area contributed by atoms with Gasteiger partial charge in [-0.25, -0.2) is 0 Å². The van der Waals surface area contributed by atoms with E-state index in [9.17, 15) is 4.79 Å². The second kappa shape index (κ2) is 4.09. The third-order valence-electron chi connectivity index (χ3n) is 2.48. The lowest BCUT2D eigenvalue weighted by molar-refractivity contribution is -0.110. The van der Waals surface area contributed by atoms with E-state index in [-0.39, 0.29) is 5.91 Å². The summed E-state index contributed by atoms with van der Waals surface area (Å²) in [7, 11) is 0. The van der Waals surface area contributed by atoms with Crippen LogP contribution in [0.5, 0.6) is 0 Å². The van der Waals surface area contributed by atoms with Crippen molar-refractivity contribution in [2.75, 3.05) is 5.32 Å². The molecule has 0 aromatic carbocycles. The first-order valence-corrected chi connectivity index (χ1v) is 6.64. The second-order valence-corrected chi connectivity index (χ2v) is 5.35. The number of amides is 1. The van der Waals surface area contributed by atoms with Gasteiger partial charge in [0.25, 0.3) is 5.91 Å². The fourth-order valence-electron chi connectivity index (χ4n) is 1.69. The first kappa shape index (κ1) is 10.7. The lowest BCUT2D eigenvalue weighted by Gasteiger charge is -1.95. The Kier molecular flexibility index (Phi) is 2.57. The van der Waals surface area contributed by atoms with E-state index in [1.807, 2.05) is 29.7 Å². The van der Waals surface area contributed by atoms with Crippen molar-refractivity contribution >= 4 is 50.5 Å². The van der Waals surface area contributed by atoms with Crippen LogP contribution in [-0.2, 0) is 4.79 Å². The molecule has 3 rings (SSSR count). The van der Waals surface area contributed by atoms with E-state index >= 15 is 0 Å². The van der Waals surface area contributed by atoms with Gasteiger partial charge in [0.1, 0.15) is 0 Å². The van der Waals surface area contributed by atoms with Crippen molar-refractivity contribution in [1.82, 2.24) is 4.98 Å². The van der Waals surface area contributed by atoms with Gasteiger partial charge in [0.15, 0.2) is 0 Å². The van der Waals surface area contributed by atoms with Crippen molar-refractivity contribution in [2.45, 2.75) is 0 Å².